The maximum atomic E-state index is 5.47. The van der Waals surface area contributed by atoms with Crippen LogP contribution in [-0.4, -0.2) is 28.4 Å². The molecule has 3 rings (SSSR count). The van der Waals surface area contributed by atoms with Crippen LogP contribution in [0, 0.1) is 0 Å². The van der Waals surface area contributed by atoms with Gasteiger partial charge < -0.3 is 18.9 Å². The van der Waals surface area contributed by atoms with Crippen molar-refractivity contribution in [2.45, 2.75) is 19.3 Å². The van der Waals surface area contributed by atoms with Crippen molar-refractivity contribution in [1.82, 2.24) is 0 Å². The number of hydrogen-bond donors (Lipinski definition) is 0. The van der Waals surface area contributed by atoms with Crippen LogP contribution in [-0.2, 0) is 6.42 Å². The van der Waals surface area contributed by atoms with Crippen molar-refractivity contribution in [1.29, 1.82) is 0 Å². The maximum absolute atomic E-state index is 5.47. The third-order valence-electron chi connectivity index (χ3n) is 4.73. The van der Waals surface area contributed by atoms with Gasteiger partial charge in [-0.1, -0.05) is 19.1 Å². The normalized spacial score (nSPS) is 16.8. The van der Waals surface area contributed by atoms with Crippen LogP contribution in [0.25, 0.3) is 12.2 Å². The molecule has 2 aromatic carbocycles. The van der Waals surface area contributed by atoms with Crippen LogP contribution < -0.4 is 18.9 Å². The third kappa shape index (κ3) is 3.16. The average molecular weight is 340 g/mol. The number of rotatable bonds is 4. The molecule has 1 aliphatic carbocycles. The van der Waals surface area contributed by atoms with E-state index in [9.17, 15) is 0 Å². The Hall–Kier alpha value is -2.62. The predicted octanol–water partition coefficient (Wildman–Crippen LogP) is 4.55. The lowest BCUT2D eigenvalue weighted by atomic mass is 9.85. The minimum Gasteiger partial charge on any atom is -0.493 e. The van der Waals surface area contributed by atoms with Crippen molar-refractivity contribution in [3.05, 3.63) is 46.5 Å². The van der Waals surface area contributed by atoms with E-state index >= 15 is 0 Å². The van der Waals surface area contributed by atoms with Gasteiger partial charge in [0.15, 0.2) is 23.0 Å². The molecule has 1 aliphatic rings. The van der Waals surface area contributed by atoms with E-state index in [0.29, 0.717) is 5.92 Å². The molecule has 0 bridgehead atoms. The van der Waals surface area contributed by atoms with Gasteiger partial charge in [-0.15, -0.1) is 0 Å². The van der Waals surface area contributed by atoms with E-state index < -0.39 is 0 Å². The van der Waals surface area contributed by atoms with Crippen molar-refractivity contribution in [2.75, 3.05) is 28.4 Å². The predicted molar refractivity (Wildman–Crippen MR) is 100 cm³/mol. The molecule has 0 aliphatic heterocycles. The molecule has 0 heterocycles. The second-order valence-electron chi connectivity index (χ2n) is 6.18. The van der Waals surface area contributed by atoms with Gasteiger partial charge in [0, 0.05) is 0 Å². The monoisotopic (exact) mass is 340 g/mol. The van der Waals surface area contributed by atoms with E-state index in [4.69, 9.17) is 18.9 Å². The topological polar surface area (TPSA) is 36.9 Å². The quantitative estimate of drug-likeness (QED) is 0.818. The van der Waals surface area contributed by atoms with Crippen LogP contribution in [0.1, 0.15) is 35.1 Å². The minimum atomic E-state index is 0.330. The highest BCUT2D eigenvalue weighted by atomic mass is 16.5. The highest BCUT2D eigenvalue weighted by Crippen LogP contribution is 2.39. The van der Waals surface area contributed by atoms with Gasteiger partial charge in [-0.25, -0.2) is 0 Å². The Morgan fingerprint density at radius 3 is 1.76 bits per heavy atom. The lowest BCUT2D eigenvalue weighted by Crippen LogP contribution is -2.06. The first kappa shape index (κ1) is 17.2. The number of fused-ring (bicyclic) bond motifs is 2. The van der Waals surface area contributed by atoms with Crippen LogP contribution >= 0.6 is 0 Å². The fraction of sp³-hybridized carbons (Fsp3) is 0.333. The lowest BCUT2D eigenvalue weighted by Gasteiger charge is -2.22. The summed E-state index contributed by atoms with van der Waals surface area (Å²) >= 11 is 0. The minimum absolute atomic E-state index is 0.330. The fourth-order valence-corrected chi connectivity index (χ4v) is 3.37. The van der Waals surface area contributed by atoms with Gasteiger partial charge in [0.05, 0.1) is 28.4 Å². The molecule has 0 saturated carbocycles. The Balaban J connectivity index is 2.14. The number of benzene rings is 2. The van der Waals surface area contributed by atoms with Gasteiger partial charge >= 0.3 is 0 Å². The molecule has 2 aromatic rings. The zero-order valence-electron chi connectivity index (χ0n) is 15.4. The molecule has 0 spiro atoms. The second-order valence-corrected chi connectivity index (χ2v) is 6.18. The van der Waals surface area contributed by atoms with E-state index in [0.717, 1.165) is 40.5 Å². The molecule has 0 N–H and O–H groups in total. The van der Waals surface area contributed by atoms with Gasteiger partial charge in [-0.3, -0.25) is 0 Å². The number of hydrogen-bond acceptors (Lipinski definition) is 4. The average Bonchev–Trinajstić information content (AvgIpc) is 2.64. The molecule has 0 fully saturated rings. The van der Waals surface area contributed by atoms with Crippen LogP contribution in [0.4, 0.5) is 0 Å². The molecule has 25 heavy (non-hydrogen) atoms. The first-order chi connectivity index (χ1) is 12.1. The molecular formula is C21H24O4. The summed E-state index contributed by atoms with van der Waals surface area (Å²) in [7, 11) is 6.65. The smallest absolute Gasteiger partial charge is 0.161 e. The Morgan fingerprint density at radius 1 is 0.680 bits per heavy atom. The first-order valence-electron chi connectivity index (χ1n) is 8.30. The molecule has 4 nitrogen and oxygen atoms in total. The standard InChI is InChI=1S/C21H24O4/c1-13-8-16-11-20(24-4)18(22-2)9-14(16)6-7-15-10-19(23-3)21(25-5)12-17(13)15/h6-7,9-13H,8H2,1-5H3/b7-6-. The van der Waals surface area contributed by atoms with Gasteiger partial charge in [0.2, 0.25) is 0 Å². The number of ether oxygens (including phenoxy) is 4. The van der Waals surface area contributed by atoms with E-state index in [1.54, 1.807) is 28.4 Å². The maximum Gasteiger partial charge on any atom is 0.161 e. The van der Waals surface area contributed by atoms with E-state index in [-0.39, 0.29) is 0 Å². The van der Waals surface area contributed by atoms with E-state index in [1.165, 1.54) is 11.1 Å². The first-order valence-corrected chi connectivity index (χ1v) is 8.30. The summed E-state index contributed by atoms with van der Waals surface area (Å²) in [6.45, 7) is 2.23. The highest BCUT2D eigenvalue weighted by molar-refractivity contribution is 5.77. The van der Waals surface area contributed by atoms with E-state index in [1.807, 2.05) is 12.1 Å². The Kier molecular flexibility index (Phi) is 4.88. The number of methoxy groups -OCH3 is 4. The molecule has 1 atom stereocenters. The Morgan fingerprint density at radius 2 is 1.16 bits per heavy atom. The van der Waals surface area contributed by atoms with Crippen LogP contribution in [0.5, 0.6) is 23.0 Å². The summed E-state index contributed by atoms with van der Waals surface area (Å²) in [4.78, 5) is 0. The Labute approximate surface area is 149 Å². The van der Waals surface area contributed by atoms with Gasteiger partial charge in [-0.05, 0) is 58.9 Å². The SMILES string of the molecule is COc1cc2c(cc1OC)CC(C)c1cc(OC)c(OC)cc1/C=C\2. The lowest BCUT2D eigenvalue weighted by molar-refractivity contribution is 0.353. The molecule has 0 saturated heterocycles. The van der Waals surface area contributed by atoms with Crippen molar-refractivity contribution >= 4 is 12.2 Å². The summed E-state index contributed by atoms with van der Waals surface area (Å²) in [5.41, 5.74) is 4.77. The molecule has 4 heteroatoms. The summed E-state index contributed by atoms with van der Waals surface area (Å²) in [6, 6.07) is 8.21. The van der Waals surface area contributed by atoms with Crippen LogP contribution in [0.15, 0.2) is 24.3 Å². The zero-order chi connectivity index (χ0) is 18.0. The van der Waals surface area contributed by atoms with Gasteiger partial charge in [0.25, 0.3) is 0 Å². The van der Waals surface area contributed by atoms with Crippen molar-refractivity contribution < 1.29 is 18.9 Å². The highest BCUT2D eigenvalue weighted by Gasteiger charge is 2.20. The molecular weight excluding hydrogens is 316 g/mol. The van der Waals surface area contributed by atoms with E-state index in [2.05, 4.69) is 31.2 Å². The Bertz CT molecular complexity index is 808. The fourth-order valence-electron chi connectivity index (χ4n) is 3.37. The summed E-state index contributed by atoms with van der Waals surface area (Å²) in [5, 5.41) is 0. The zero-order valence-corrected chi connectivity index (χ0v) is 15.4. The molecule has 0 radical (unpaired) electrons. The second kappa shape index (κ2) is 7.09. The molecule has 0 amide bonds. The van der Waals surface area contributed by atoms with Gasteiger partial charge in [0.1, 0.15) is 0 Å². The third-order valence-corrected chi connectivity index (χ3v) is 4.73. The molecule has 0 aromatic heterocycles. The summed E-state index contributed by atoms with van der Waals surface area (Å²) in [5.74, 6) is 3.33. The van der Waals surface area contributed by atoms with Crippen molar-refractivity contribution in [2.24, 2.45) is 0 Å². The molecule has 132 valence electrons. The van der Waals surface area contributed by atoms with Crippen molar-refractivity contribution in [3.8, 4) is 23.0 Å². The largest absolute Gasteiger partial charge is 0.493 e. The summed E-state index contributed by atoms with van der Waals surface area (Å²) < 4.78 is 21.8. The van der Waals surface area contributed by atoms with Crippen LogP contribution in [0.2, 0.25) is 0 Å². The van der Waals surface area contributed by atoms with Crippen LogP contribution in [0.3, 0.4) is 0 Å². The summed E-state index contributed by atoms with van der Waals surface area (Å²) in [6.07, 6.45) is 5.15. The van der Waals surface area contributed by atoms with Gasteiger partial charge in [-0.2, -0.15) is 0 Å². The molecule has 1 unspecified atom stereocenters. The van der Waals surface area contributed by atoms with Crippen molar-refractivity contribution in [3.63, 3.8) is 0 Å².